The zero-order valence-electron chi connectivity index (χ0n) is 7.77. The maximum atomic E-state index is 13.1. The molecule has 0 fully saturated rings. The predicted molar refractivity (Wildman–Crippen MR) is 50.7 cm³/mol. The summed E-state index contributed by atoms with van der Waals surface area (Å²) in [5.74, 6) is 3.28. The van der Waals surface area contributed by atoms with E-state index in [0.717, 1.165) is 12.5 Å². The van der Waals surface area contributed by atoms with Gasteiger partial charge in [0.1, 0.15) is 0 Å². The van der Waals surface area contributed by atoms with E-state index < -0.39 is 11.6 Å². The van der Waals surface area contributed by atoms with Crippen LogP contribution in [0.5, 0.6) is 0 Å². The number of hydrazine groups is 1. The van der Waals surface area contributed by atoms with E-state index in [2.05, 4.69) is 10.3 Å². The third-order valence-electron chi connectivity index (χ3n) is 1.61. The molecule has 0 aliphatic heterocycles. The van der Waals surface area contributed by atoms with Crippen LogP contribution in [0.25, 0.3) is 0 Å². The van der Waals surface area contributed by atoms with Gasteiger partial charge in [-0.1, -0.05) is 6.92 Å². The second kappa shape index (κ2) is 4.71. The molecule has 1 rings (SSSR count). The Bertz CT molecular complexity index is 316. The van der Waals surface area contributed by atoms with Crippen molar-refractivity contribution in [2.24, 2.45) is 5.84 Å². The van der Waals surface area contributed by atoms with Crippen molar-refractivity contribution in [3.05, 3.63) is 17.7 Å². The van der Waals surface area contributed by atoms with Gasteiger partial charge in [0.2, 0.25) is 0 Å². The van der Waals surface area contributed by atoms with Crippen LogP contribution >= 0.6 is 0 Å². The number of aromatic nitrogens is 1. The molecule has 0 amide bonds. The Hall–Kier alpha value is -1.43. The van der Waals surface area contributed by atoms with Crippen LogP contribution in [-0.2, 0) is 0 Å². The zero-order chi connectivity index (χ0) is 10.6. The first-order valence-electron chi connectivity index (χ1n) is 4.25. The maximum absolute atomic E-state index is 13.1. The summed E-state index contributed by atoms with van der Waals surface area (Å²) in [5.41, 5.74) is 2.05. The first-order valence-corrected chi connectivity index (χ1v) is 4.25. The molecule has 0 saturated heterocycles. The van der Waals surface area contributed by atoms with Gasteiger partial charge in [-0.15, -0.1) is 0 Å². The highest BCUT2D eigenvalue weighted by atomic mass is 19.1. The van der Waals surface area contributed by atoms with Crippen molar-refractivity contribution < 1.29 is 8.78 Å². The van der Waals surface area contributed by atoms with Gasteiger partial charge in [-0.25, -0.2) is 19.6 Å². The van der Waals surface area contributed by atoms with Crippen LogP contribution in [-0.4, -0.2) is 11.5 Å². The fraction of sp³-hybridized carbons (Fsp3) is 0.375. The predicted octanol–water partition coefficient (Wildman–Crippen LogP) is 1.47. The number of halogens is 2. The Morgan fingerprint density at radius 1 is 1.36 bits per heavy atom. The molecule has 0 atom stereocenters. The first-order chi connectivity index (χ1) is 6.69. The molecule has 0 bridgehead atoms. The molecule has 14 heavy (non-hydrogen) atoms. The minimum atomic E-state index is -0.813. The lowest BCUT2D eigenvalue weighted by Gasteiger charge is -2.07. The second-order valence-corrected chi connectivity index (χ2v) is 2.72. The summed E-state index contributed by atoms with van der Waals surface area (Å²) in [5, 5.41) is 2.72. The summed E-state index contributed by atoms with van der Waals surface area (Å²) < 4.78 is 25.9. The highest BCUT2D eigenvalue weighted by molar-refractivity contribution is 5.46. The van der Waals surface area contributed by atoms with E-state index >= 15 is 0 Å². The lowest BCUT2D eigenvalue weighted by molar-refractivity contribution is 0.578. The summed E-state index contributed by atoms with van der Waals surface area (Å²) in [6, 6.07) is 0.736. The molecule has 0 aliphatic rings. The standard InChI is InChI=1S/C8H12F2N4/c1-2-3-12-7-5(9)4-6(10)8(13-7)14-11/h4H,2-3,11H2,1H3,(H2,12,13,14). The van der Waals surface area contributed by atoms with E-state index in [9.17, 15) is 8.78 Å². The second-order valence-electron chi connectivity index (χ2n) is 2.72. The van der Waals surface area contributed by atoms with E-state index in [1.807, 2.05) is 12.3 Å². The Balaban J connectivity index is 2.92. The van der Waals surface area contributed by atoms with E-state index in [1.54, 1.807) is 0 Å². The van der Waals surface area contributed by atoms with Gasteiger partial charge in [-0.2, -0.15) is 0 Å². The van der Waals surface area contributed by atoms with Crippen LogP contribution in [0.15, 0.2) is 6.07 Å². The molecular weight excluding hydrogens is 190 g/mol. The Kier molecular flexibility index (Phi) is 3.58. The summed E-state index contributed by atoms with van der Waals surface area (Å²) >= 11 is 0. The van der Waals surface area contributed by atoms with E-state index in [1.165, 1.54) is 0 Å². The summed E-state index contributed by atoms with van der Waals surface area (Å²) in [7, 11) is 0. The van der Waals surface area contributed by atoms with Crippen molar-refractivity contribution >= 4 is 11.6 Å². The molecule has 6 heteroatoms. The van der Waals surface area contributed by atoms with Crippen LogP contribution in [0.4, 0.5) is 20.4 Å². The first kappa shape index (κ1) is 10.6. The molecule has 0 radical (unpaired) electrons. The number of rotatable bonds is 4. The van der Waals surface area contributed by atoms with Crippen LogP contribution in [0.2, 0.25) is 0 Å². The number of nitrogen functional groups attached to an aromatic ring is 1. The molecule has 4 N–H and O–H groups in total. The van der Waals surface area contributed by atoms with E-state index in [-0.39, 0.29) is 11.6 Å². The third-order valence-corrected chi connectivity index (χ3v) is 1.61. The van der Waals surface area contributed by atoms with Gasteiger partial charge in [-0.05, 0) is 6.42 Å². The lowest BCUT2D eigenvalue weighted by atomic mass is 10.4. The van der Waals surface area contributed by atoms with Crippen LogP contribution in [0.1, 0.15) is 13.3 Å². The number of nitrogens with zero attached hydrogens (tertiary/aromatic N) is 1. The molecule has 0 aromatic carbocycles. The third kappa shape index (κ3) is 2.29. The molecule has 1 aromatic rings. The van der Waals surface area contributed by atoms with Gasteiger partial charge < -0.3 is 10.7 Å². The quantitative estimate of drug-likeness (QED) is 0.511. The Morgan fingerprint density at radius 2 is 2.00 bits per heavy atom. The highest BCUT2D eigenvalue weighted by Crippen LogP contribution is 2.17. The summed E-state index contributed by atoms with van der Waals surface area (Å²) in [4.78, 5) is 3.63. The number of anilines is 2. The maximum Gasteiger partial charge on any atom is 0.178 e. The van der Waals surface area contributed by atoms with Gasteiger partial charge in [0.05, 0.1) is 0 Å². The molecule has 0 saturated carbocycles. The van der Waals surface area contributed by atoms with Gasteiger partial charge in [0, 0.05) is 12.6 Å². The lowest BCUT2D eigenvalue weighted by Crippen LogP contribution is -2.13. The Morgan fingerprint density at radius 3 is 2.57 bits per heavy atom. The van der Waals surface area contributed by atoms with Gasteiger partial charge in [0.25, 0.3) is 0 Å². The molecule has 4 nitrogen and oxygen atoms in total. The van der Waals surface area contributed by atoms with Crippen molar-refractivity contribution in [2.75, 3.05) is 17.3 Å². The van der Waals surface area contributed by atoms with Gasteiger partial charge >= 0.3 is 0 Å². The van der Waals surface area contributed by atoms with Crippen molar-refractivity contribution in [3.8, 4) is 0 Å². The number of hydrogen-bond acceptors (Lipinski definition) is 4. The Labute approximate surface area is 80.5 Å². The van der Waals surface area contributed by atoms with Crippen LogP contribution < -0.4 is 16.6 Å². The van der Waals surface area contributed by atoms with Crippen molar-refractivity contribution in [1.82, 2.24) is 4.98 Å². The number of hydrogen-bond donors (Lipinski definition) is 3. The van der Waals surface area contributed by atoms with Crippen LogP contribution in [0, 0.1) is 11.6 Å². The average molecular weight is 202 g/mol. The molecule has 78 valence electrons. The number of nitrogens with one attached hydrogen (secondary N) is 2. The smallest absolute Gasteiger partial charge is 0.178 e. The zero-order valence-corrected chi connectivity index (χ0v) is 7.77. The minimum absolute atomic E-state index is 0.00111. The normalized spacial score (nSPS) is 10.0. The molecule has 0 unspecified atom stereocenters. The molecule has 0 spiro atoms. The fourth-order valence-corrected chi connectivity index (χ4v) is 0.935. The van der Waals surface area contributed by atoms with Crippen molar-refractivity contribution in [1.29, 1.82) is 0 Å². The minimum Gasteiger partial charge on any atom is -0.368 e. The molecule has 0 aliphatic carbocycles. The average Bonchev–Trinajstić information content (AvgIpc) is 2.17. The molecule has 1 heterocycles. The van der Waals surface area contributed by atoms with Gasteiger partial charge in [-0.3, -0.25) is 0 Å². The van der Waals surface area contributed by atoms with E-state index in [0.29, 0.717) is 6.54 Å². The summed E-state index contributed by atoms with van der Waals surface area (Å²) in [6.07, 6.45) is 0.823. The molecule has 1 aromatic heterocycles. The number of nitrogens with two attached hydrogens (primary N) is 1. The van der Waals surface area contributed by atoms with Crippen molar-refractivity contribution in [3.63, 3.8) is 0 Å². The summed E-state index contributed by atoms with van der Waals surface area (Å²) in [6.45, 7) is 2.50. The SMILES string of the molecule is CCCNc1nc(NN)c(F)cc1F. The van der Waals surface area contributed by atoms with Crippen LogP contribution in [0.3, 0.4) is 0 Å². The van der Waals surface area contributed by atoms with E-state index in [4.69, 9.17) is 5.84 Å². The molecular formula is C8H12F2N4. The fourth-order valence-electron chi connectivity index (χ4n) is 0.935. The monoisotopic (exact) mass is 202 g/mol. The largest absolute Gasteiger partial charge is 0.368 e. The topological polar surface area (TPSA) is 63.0 Å². The van der Waals surface area contributed by atoms with Crippen molar-refractivity contribution in [2.45, 2.75) is 13.3 Å². The number of pyridine rings is 1. The highest BCUT2D eigenvalue weighted by Gasteiger charge is 2.09. The van der Waals surface area contributed by atoms with Gasteiger partial charge in [0.15, 0.2) is 23.3 Å².